The molecule has 0 unspecified atom stereocenters. The van der Waals surface area contributed by atoms with Gasteiger partial charge < -0.3 is 39.7 Å². The summed E-state index contributed by atoms with van der Waals surface area (Å²) in [5.74, 6) is 4.04. The molecule has 220 valence electrons. The standard InChI is InChI=1S/C25H50N14/c26-5-8-34-22(29)37-20(27)32-6-3-1-2-4-7-33-21(28)38-23(30)35-9-10-36-24(31)39-25-14-17-11-18(15-25)13-19(12-17)16-25/h17-19H,1-16,26H2,(H3,31,36,39)(H5,27,29,32,34,37)(H5,28,30,33,35,38). The third-order valence-corrected chi connectivity index (χ3v) is 7.65. The summed E-state index contributed by atoms with van der Waals surface area (Å²) in [6.07, 6.45) is 11.7. The molecule has 4 aliphatic carbocycles. The molecule has 4 fully saturated rings. The van der Waals surface area contributed by atoms with Gasteiger partial charge in [0.2, 0.25) is 0 Å². The number of guanidine groups is 5. The van der Waals surface area contributed by atoms with Crippen LogP contribution in [0.15, 0.2) is 25.0 Å². The molecule has 0 amide bonds. The number of hydrogen-bond donors (Lipinski definition) is 9. The van der Waals surface area contributed by atoms with E-state index in [1.165, 1.54) is 38.5 Å². The van der Waals surface area contributed by atoms with Crippen molar-refractivity contribution >= 4 is 29.8 Å². The van der Waals surface area contributed by atoms with Crippen molar-refractivity contribution in [3.63, 3.8) is 0 Å². The molecule has 14 nitrogen and oxygen atoms in total. The molecule has 0 aliphatic heterocycles. The van der Waals surface area contributed by atoms with Gasteiger partial charge in [0.05, 0.1) is 19.6 Å². The van der Waals surface area contributed by atoms with Gasteiger partial charge in [0.25, 0.3) is 0 Å². The molecule has 0 aromatic carbocycles. The van der Waals surface area contributed by atoms with Crippen LogP contribution < -0.4 is 50.4 Å². The molecular formula is C25H50N14. The number of hydrogen-bond acceptors (Lipinski definition) is 6. The smallest absolute Gasteiger partial charge is 0.195 e. The van der Waals surface area contributed by atoms with Gasteiger partial charge in [-0.3, -0.25) is 35.6 Å². The fourth-order valence-electron chi connectivity index (χ4n) is 6.50. The Bertz CT molecular complexity index is 886. The molecular weight excluding hydrogens is 496 g/mol. The second kappa shape index (κ2) is 15.3. The number of nitrogens with zero attached hydrogens (tertiary/aromatic N) is 5. The highest BCUT2D eigenvalue weighted by atomic mass is 15.2. The first-order valence-corrected chi connectivity index (χ1v) is 14.3. The Labute approximate surface area is 232 Å². The van der Waals surface area contributed by atoms with E-state index in [1.54, 1.807) is 0 Å². The van der Waals surface area contributed by atoms with Crippen LogP contribution in [-0.4, -0.2) is 74.6 Å². The van der Waals surface area contributed by atoms with Crippen molar-refractivity contribution in [1.29, 1.82) is 0 Å². The Hall–Kier alpha value is -3.29. The molecule has 0 atom stereocenters. The maximum atomic E-state index is 6.22. The summed E-state index contributed by atoms with van der Waals surface area (Å²) in [5.41, 5.74) is 35.0. The van der Waals surface area contributed by atoms with E-state index in [0.717, 1.165) is 43.4 Å². The van der Waals surface area contributed by atoms with Gasteiger partial charge >= 0.3 is 0 Å². The van der Waals surface area contributed by atoms with Crippen LogP contribution in [-0.2, 0) is 0 Å². The first kappa shape index (κ1) is 30.3. The first-order chi connectivity index (χ1) is 18.8. The van der Waals surface area contributed by atoms with Crippen molar-refractivity contribution < 1.29 is 0 Å². The lowest BCUT2D eigenvalue weighted by atomic mass is 9.53. The number of rotatable bonds is 13. The van der Waals surface area contributed by atoms with Crippen LogP contribution in [0.5, 0.6) is 0 Å². The molecule has 0 aromatic heterocycles. The largest absolute Gasteiger partial charge is 0.370 e. The Balaban J connectivity index is 1.23. The first-order valence-electron chi connectivity index (χ1n) is 14.3. The van der Waals surface area contributed by atoms with E-state index >= 15 is 0 Å². The fourth-order valence-corrected chi connectivity index (χ4v) is 6.50. The number of aliphatic imine (C=N–C) groups is 5. The maximum absolute atomic E-state index is 6.22. The second-order valence-corrected chi connectivity index (χ2v) is 11.1. The van der Waals surface area contributed by atoms with Gasteiger partial charge in [0.1, 0.15) is 0 Å². The van der Waals surface area contributed by atoms with E-state index in [2.05, 4.69) is 40.9 Å². The topological polar surface area (TPSA) is 254 Å². The normalized spacial score (nSPS) is 27.6. The summed E-state index contributed by atoms with van der Waals surface area (Å²) >= 11 is 0. The number of nitrogens with two attached hydrogens (primary N) is 6. The van der Waals surface area contributed by atoms with Gasteiger partial charge in [-0.2, -0.15) is 0 Å². The van der Waals surface area contributed by atoms with E-state index in [-0.39, 0.29) is 29.4 Å². The molecule has 0 heterocycles. The summed E-state index contributed by atoms with van der Waals surface area (Å²) in [4.78, 5) is 21.3. The van der Waals surface area contributed by atoms with Crippen LogP contribution in [0.4, 0.5) is 0 Å². The van der Waals surface area contributed by atoms with E-state index in [1.807, 2.05) is 0 Å². The van der Waals surface area contributed by atoms with Crippen molar-refractivity contribution in [3.8, 4) is 0 Å². The molecule has 0 saturated heterocycles. The third-order valence-electron chi connectivity index (χ3n) is 7.65. The lowest BCUT2D eigenvalue weighted by Gasteiger charge is -2.57. The van der Waals surface area contributed by atoms with Crippen molar-refractivity contribution in [1.82, 2.24) is 16.0 Å². The predicted octanol–water partition coefficient (Wildman–Crippen LogP) is -1.18. The minimum absolute atomic E-state index is 0.158. The highest BCUT2D eigenvalue weighted by Gasteiger charge is 2.51. The monoisotopic (exact) mass is 546 g/mol. The maximum Gasteiger partial charge on any atom is 0.195 e. The molecule has 14 heteroatoms. The summed E-state index contributed by atoms with van der Waals surface area (Å²) in [6, 6.07) is 0. The van der Waals surface area contributed by atoms with Crippen molar-refractivity contribution in [2.24, 2.45) is 77.1 Å². The predicted molar refractivity (Wildman–Crippen MR) is 160 cm³/mol. The summed E-state index contributed by atoms with van der Waals surface area (Å²) in [7, 11) is 0. The molecule has 0 aromatic rings. The molecule has 0 spiro atoms. The lowest BCUT2D eigenvalue weighted by molar-refractivity contribution is -0.0102. The van der Waals surface area contributed by atoms with Crippen LogP contribution in [0.3, 0.4) is 0 Å². The van der Waals surface area contributed by atoms with E-state index in [4.69, 9.17) is 34.4 Å². The fraction of sp³-hybridized carbons (Fsp3) is 0.800. The van der Waals surface area contributed by atoms with Gasteiger partial charge in [-0.05, 0) is 69.1 Å². The molecule has 15 N–H and O–H groups in total. The van der Waals surface area contributed by atoms with Gasteiger partial charge in [-0.25, -0.2) is 0 Å². The highest BCUT2D eigenvalue weighted by Crippen LogP contribution is 2.55. The molecule has 0 radical (unpaired) electrons. The number of unbranched alkanes of at least 4 members (excludes halogenated alkanes) is 3. The molecule has 4 rings (SSSR count). The minimum Gasteiger partial charge on any atom is -0.370 e. The SMILES string of the molecule is NCCN=C(N)NC(N)=NCCCCCCN=C(N)NC(N)=NCCN=C(N)NC12CC3CC(CC(C3)C1)C2. The van der Waals surface area contributed by atoms with Crippen LogP contribution in [0, 0.1) is 17.8 Å². The summed E-state index contributed by atoms with van der Waals surface area (Å²) < 4.78 is 0. The summed E-state index contributed by atoms with van der Waals surface area (Å²) in [5, 5.41) is 9.12. The zero-order valence-electron chi connectivity index (χ0n) is 23.2. The average molecular weight is 547 g/mol. The van der Waals surface area contributed by atoms with E-state index < -0.39 is 0 Å². The van der Waals surface area contributed by atoms with Crippen molar-refractivity contribution in [2.75, 3.05) is 39.3 Å². The number of nitrogens with one attached hydrogen (secondary N) is 3. The van der Waals surface area contributed by atoms with Gasteiger partial charge in [0.15, 0.2) is 29.8 Å². The zero-order chi connectivity index (χ0) is 28.1. The molecule has 4 aliphatic rings. The highest BCUT2D eigenvalue weighted by molar-refractivity contribution is 5.97. The minimum atomic E-state index is 0.158. The Kier molecular flexibility index (Phi) is 11.9. The molecule has 4 saturated carbocycles. The Morgan fingerprint density at radius 1 is 0.538 bits per heavy atom. The average Bonchev–Trinajstić information content (AvgIpc) is 2.85. The van der Waals surface area contributed by atoms with Crippen LogP contribution in [0.1, 0.15) is 64.2 Å². The lowest BCUT2D eigenvalue weighted by Crippen LogP contribution is -2.61. The van der Waals surface area contributed by atoms with E-state index in [9.17, 15) is 0 Å². The Morgan fingerprint density at radius 2 is 0.923 bits per heavy atom. The van der Waals surface area contributed by atoms with Crippen LogP contribution in [0.25, 0.3) is 0 Å². The Morgan fingerprint density at radius 3 is 1.36 bits per heavy atom. The van der Waals surface area contributed by atoms with Crippen molar-refractivity contribution in [2.45, 2.75) is 69.7 Å². The van der Waals surface area contributed by atoms with Gasteiger partial charge in [0, 0.05) is 25.2 Å². The molecule has 39 heavy (non-hydrogen) atoms. The van der Waals surface area contributed by atoms with E-state index in [0.29, 0.717) is 45.2 Å². The van der Waals surface area contributed by atoms with Crippen molar-refractivity contribution in [3.05, 3.63) is 0 Å². The third kappa shape index (κ3) is 10.8. The van der Waals surface area contributed by atoms with Crippen LogP contribution >= 0.6 is 0 Å². The van der Waals surface area contributed by atoms with Gasteiger partial charge in [-0.1, -0.05) is 12.8 Å². The molecule has 4 bridgehead atoms. The summed E-state index contributed by atoms with van der Waals surface area (Å²) in [6.45, 7) is 2.96. The zero-order valence-corrected chi connectivity index (χ0v) is 23.2. The second-order valence-electron chi connectivity index (χ2n) is 11.1. The quantitative estimate of drug-likeness (QED) is 0.0763. The van der Waals surface area contributed by atoms with Crippen LogP contribution in [0.2, 0.25) is 0 Å². The van der Waals surface area contributed by atoms with Gasteiger partial charge in [-0.15, -0.1) is 0 Å².